The minimum atomic E-state index is -0.330. The van der Waals surface area contributed by atoms with Gasteiger partial charge in [0.2, 0.25) is 5.91 Å². The number of carbonyl (C=O) groups excluding carboxylic acids is 1. The normalized spacial score (nSPS) is 18.1. The molecule has 1 amide bonds. The third-order valence-corrected chi connectivity index (χ3v) is 7.85. The summed E-state index contributed by atoms with van der Waals surface area (Å²) in [5, 5.41) is 3.72. The number of amides is 1. The molecule has 4 heterocycles. The number of H-pyrrole nitrogens is 1. The van der Waals surface area contributed by atoms with E-state index in [0.29, 0.717) is 6.04 Å². The first-order valence-electron chi connectivity index (χ1n) is 12.8. The van der Waals surface area contributed by atoms with Crippen LogP contribution in [0.2, 0.25) is 0 Å². The van der Waals surface area contributed by atoms with Crippen molar-refractivity contribution in [1.29, 1.82) is 0 Å². The van der Waals surface area contributed by atoms with E-state index >= 15 is 0 Å². The Morgan fingerprint density at radius 3 is 2.36 bits per heavy atom. The van der Waals surface area contributed by atoms with Gasteiger partial charge >= 0.3 is 0 Å². The lowest BCUT2D eigenvalue weighted by molar-refractivity contribution is -0.139. The highest BCUT2D eigenvalue weighted by atomic mass is 79.9. The van der Waals surface area contributed by atoms with Crippen LogP contribution in [0, 0.1) is 5.41 Å². The number of hydrogen-bond acceptors (Lipinski definition) is 6. The molecule has 2 N–H and O–H groups in total. The van der Waals surface area contributed by atoms with Crippen molar-refractivity contribution < 1.29 is 4.79 Å². The molecule has 2 aromatic heterocycles. The molecule has 2 aliphatic heterocycles. The lowest BCUT2D eigenvalue weighted by Crippen LogP contribution is -2.51. The fourth-order valence-corrected chi connectivity index (χ4v) is 5.44. The van der Waals surface area contributed by atoms with E-state index in [1.807, 2.05) is 31.9 Å². The molecule has 0 saturated carbocycles. The van der Waals surface area contributed by atoms with Crippen LogP contribution < -0.4 is 10.2 Å². The molecular formula is C27H36BrN7O. The number of halogens is 1. The van der Waals surface area contributed by atoms with E-state index in [2.05, 4.69) is 72.3 Å². The lowest BCUT2D eigenvalue weighted by Gasteiger charge is -2.38. The smallest absolute Gasteiger partial charge is 0.228 e. The number of benzene rings is 1. The lowest BCUT2D eigenvalue weighted by atomic mass is 9.94. The summed E-state index contributed by atoms with van der Waals surface area (Å²) in [4.78, 5) is 32.2. The Kier molecular flexibility index (Phi) is 6.96. The molecule has 8 nitrogen and oxygen atoms in total. The van der Waals surface area contributed by atoms with Gasteiger partial charge in [-0.05, 0) is 73.2 Å². The Morgan fingerprint density at radius 1 is 1.06 bits per heavy atom. The van der Waals surface area contributed by atoms with Crippen molar-refractivity contribution in [3.8, 4) is 11.4 Å². The van der Waals surface area contributed by atoms with E-state index in [-0.39, 0.29) is 11.3 Å². The maximum Gasteiger partial charge on any atom is 0.228 e. The topological polar surface area (TPSA) is 80.4 Å². The molecule has 192 valence electrons. The van der Waals surface area contributed by atoms with E-state index in [9.17, 15) is 4.79 Å². The zero-order chi connectivity index (χ0) is 25.4. The van der Waals surface area contributed by atoms with Crippen LogP contribution in [-0.2, 0) is 4.79 Å². The number of nitrogens with one attached hydrogen (secondary N) is 2. The number of aromatic amines is 1. The molecular weight excluding hydrogens is 518 g/mol. The molecule has 0 atom stereocenters. The molecule has 36 heavy (non-hydrogen) atoms. The van der Waals surface area contributed by atoms with Crippen molar-refractivity contribution in [2.75, 3.05) is 56.5 Å². The number of anilines is 2. The van der Waals surface area contributed by atoms with Gasteiger partial charge in [0.25, 0.3) is 0 Å². The van der Waals surface area contributed by atoms with Crippen molar-refractivity contribution in [3.05, 3.63) is 34.9 Å². The van der Waals surface area contributed by atoms with Crippen molar-refractivity contribution >= 4 is 44.4 Å². The van der Waals surface area contributed by atoms with E-state index in [4.69, 9.17) is 4.98 Å². The van der Waals surface area contributed by atoms with Crippen molar-refractivity contribution in [3.63, 3.8) is 0 Å². The number of nitrogens with zero attached hydrogens (tertiary/aromatic N) is 5. The number of fused-ring (bicyclic) bond motifs is 1. The minimum absolute atomic E-state index is 0.229. The fourth-order valence-electron chi connectivity index (χ4n) is 5.03. The van der Waals surface area contributed by atoms with Gasteiger partial charge in [-0.15, -0.1) is 0 Å². The van der Waals surface area contributed by atoms with Gasteiger partial charge in [-0.1, -0.05) is 20.8 Å². The average Bonchev–Trinajstić information content (AvgIpc) is 3.31. The number of piperidine rings is 1. The van der Waals surface area contributed by atoms with Gasteiger partial charge in [-0.25, -0.2) is 9.97 Å². The van der Waals surface area contributed by atoms with Crippen LogP contribution in [0.5, 0.6) is 0 Å². The van der Waals surface area contributed by atoms with Crippen molar-refractivity contribution in [1.82, 2.24) is 24.8 Å². The molecule has 0 aliphatic carbocycles. The van der Waals surface area contributed by atoms with Gasteiger partial charge in [0.1, 0.15) is 11.3 Å². The monoisotopic (exact) mass is 553 g/mol. The molecule has 5 rings (SSSR count). The number of imidazole rings is 1. The van der Waals surface area contributed by atoms with Crippen LogP contribution in [-0.4, -0.2) is 83.0 Å². The van der Waals surface area contributed by atoms with Crippen molar-refractivity contribution in [2.24, 2.45) is 5.41 Å². The number of likely N-dealkylation sites (tertiary alicyclic amines) is 1. The summed E-state index contributed by atoms with van der Waals surface area (Å²) in [5.41, 5.74) is 4.53. The standard InChI is InChI=1S/C27H36BrN7O/c1-27(2,3)26(36)35-15-13-34(14-16-35)20-7-5-18(6-8-20)24-31-23-22(21(28)17-29-25(23)32-24)30-19-9-11-33(4)12-10-19/h5-8,17,19H,9-16H2,1-4H3,(H2,29,30,31,32). The third kappa shape index (κ3) is 5.22. The van der Waals surface area contributed by atoms with Gasteiger partial charge in [0.15, 0.2) is 5.65 Å². The second kappa shape index (κ2) is 10.0. The molecule has 1 aromatic carbocycles. The van der Waals surface area contributed by atoms with E-state index < -0.39 is 0 Å². The predicted molar refractivity (Wildman–Crippen MR) is 149 cm³/mol. The van der Waals surface area contributed by atoms with Gasteiger partial charge in [0.05, 0.1) is 10.2 Å². The molecule has 2 fully saturated rings. The van der Waals surface area contributed by atoms with Crippen LogP contribution in [0.1, 0.15) is 33.6 Å². The van der Waals surface area contributed by atoms with Crippen molar-refractivity contribution in [2.45, 2.75) is 39.7 Å². The summed E-state index contributed by atoms with van der Waals surface area (Å²) in [7, 11) is 2.18. The van der Waals surface area contributed by atoms with E-state index in [1.54, 1.807) is 0 Å². The number of pyridine rings is 1. The first-order valence-corrected chi connectivity index (χ1v) is 13.6. The zero-order valence-electron chi connectivity index (χ0n) is 21.6. The first-order chi connectivity index (χ1) is 17.2. The van der Waals surface area contributed by atoms with Crippen LogP contribution in [0.4, 0.5) is 11.4 Å². The summed E-state index contributed by atoms with van der Waals surface area (Å²) in [6.07, 6.45) is 4.07. The van der Waals surface area contributed by atoms with Gasteiger partial charge < -0.3 is 25.0 Å². The van der Waals surface area contributed by atoms with E-state index in [0.717, 1.165) is 84.8 Å². The third-order valence-electron chi connectivity index (χ3n) is 7.25. The summed E-state index contributed by atoms with van der Waals surface area (Å²) >= 11 is 3.68. The van der Waals surface area contributed by atoms with Crippen LogP contribution in [0.25, 0.3) is 22.6 Å². The van der Waals surface area contributed by atoms with Gasteiger partial charge in [0, 0.05) is 55.1 Å². The number of aromatic nitrogens is 3. The maximum atomic E-state index is 12.6. The van der Waals surface area contributed by atoms with Gasteiger partial charge in [-0.3, -0.25) is 4.79 Å². The predicted octanol–water partition coefficient (Wildman–Crippen LogP) is 4.59. The van der Waals surface area contributed by atoms with Gasteiger partial charge in [-0.2, -0.15) is 0 Å². The van der Waals surface area contributed by atoms with Crippen LogP contribution >= 0.6 is 15.9 Å². The Bertz CT molecular complexity index is 1220. The number of rotatable bonds is 4. The zero-order valence-corrected chi connectivity index (χ0v) is 23.2. The Labute approximate surface area is 221 Å². The largest absolute Gasteiger partial charge is 0.379 e. The minimum Gasteiger partial charge on any atom is -0.379 e. The Hall–Kier alpha value is -2.65. The highest BCUT2D eigenvalue weighted by Gasteiger charge is 2.29. The molecule has 0 radical (unpaired) electrons. The SMILES string of the molecule is CN1CCC(Nc2c(Br)cnc3[nH]c(-c4ccc(N5CCN(C(=O)C(C)(C)C)CC5)cc4)nc23)CC1. The number of carbonyl (C=O) groups is 1. The quantitative estimate of drug-likeness (QED) is 0.492. The summed E-state index contributed by atoms with van der Waals surface area (Å²) in [5.74, 6) is 1.04. The molecule has 2 aliphatic rings. The molecule has 2 saturated heterocycles. The average molecular weight is 555 g/mol. The highest BCUT2D eigenvalue weighted by molar-refractivity contribution is 9.10. The second-order valence-corrected chi connectivity index (χ2v) is 11.9. The summed E-state index contributed by atoms with van der Waals surface area (Å²) in [6.45, 7) is 11.4. The van der Waals surface area contributed by atoms with Crippen LogP contribution in [0.3, 0.4) is 0 Å². The first kappa shape index (κ1) is 25.0. The summed E-state index contributed by atoms with van der Waals surface area (Å²) in [6, 6.07) is 8.94. The fraction of sp³-hybridized carbons (Fsp3) is 0.519. The number of piperazine rings is 1. The molecule has 9 heteroatoms. The Balaban J connectivity index is 1.30. The molecule has 0 bridgehead atoms. The van der Waals surface area contributed by atoms with Crippen LogP contribution in [0.15, 0.2) is 34.9 Å². The van der Waals surface area contributed by atoms with E-state index in [1.165, 1.54) is 5.69 Å². The molecule has 0 spiro atoms. The summed E-state index contributed by atoms with van der Waals surface area (Å²) < 4.78 is 0.936. The molecule has 0 unspecified atom stereocenters. The molecule has 3 aromatic rings. The Morgan fingerprint density at radius 2 is 1.72 bits per heavy atom. The number of hydrogen-bond donors (Lipinski definition) is 2. The maximum absolute atomic E-state index is 12.6. The second-order valence-electron chi connectivity index (χ2n) is 11.1. The highest BCUT2D eigenvalue weighted by Crippen LogP contribution is 2.33.